The topological polar surface area (TPSA) is 26.0 Å². The number of allylic oxidation sites excluding steroid dienone is 4. The first-order chi connectivity index (χ1) is 4.70. The van der Waals surface area contributed by atoms with Gasteiger partial charge in [0, 0.05) is 5.70 Å². The largest absolute Gasteiger partial charge is 0.399 e. The molecule has 1 nitrogen and oxygen atoms in total. The first-order valence-electron chi connectivity index (χ1n) is 3.48. The van der Waals surface area contributed by atoms with Crippen molar-refractivity contribution < 1.29 is 0 Å². The lowest BCUT2D eigenvalue weighted by atomic mass is 10.1. The quantitative estimate of drug-likeness (QED) is 0.594. The number of hydrogen-bond donors (Lipinski definition) is 1. The number of rotatable bonds is 3. The van der Waals surface area contributed by atoms with Crippen LogP contribution in [0.1, 0.15) is 20.3 Å². The Hall–Kier alpha value is -0.980. The fraction of sp³-hybridized carbons (Fsp3) is 0.333. The molecule has 0 bridgehead atoms. The van der Waals surface area contributed by atoms with Gasteiger partial charge in [-0.05, 0) is 25.0 Å². The van der Waals surface area contributed by atoms with E-state index < -0.39 is 0 Å². The van der Waals surface area contributed by atoms with Crippen molar-refractivity contribution >= 4 is 0 Å². The summed E-state index contributed by atoms with van der Waals surface area (Å²) in [6.07, 6.45) is 6.93. The highest BCUT2D eigenvalue weighted by molar-refractivity contribution is 5.26. The van der Waals surface area contributed by atoms with Crippen LogP contribution in [0.15, 0.2) is 36.1 Å². The number of nitrogens with two attached hydrogens (primary N) is 1. The van der Waals surface area contributed by atoms with E-state index in [4.69, 9.17) is 5.73 Å². The molecule has 2 N–H and O–H groups in total. The maximum absolute atomic E-state index is 5.39. The highest BCUT2D eigenvalue weighted by Crippen LogP contribution is 2.03. The van der Waals surface area contributed by atoms with Crippen LogP contribution in [-0.2, 0) is 0 Å². The normalized spacial score (nSPS) is 12.4. The summed E-state index contributed by atoms with van der Waals surface area (Å²) < 4.78 is 0. The lowest BCUT2D eigenvalue weighted by Gasteiger charge is -1.95. The van der Waals surface area contributed by atoms with Gasteiger partial charge in [0.2, 0.25) is 0 Å². The Morgan fingerprint density at radius 3 is 2.50 bits per heavy atom. The maximum atomic E-state index is 5.39. The molecule has 0 saturated heterocycles. The van der Waals surface area contributed by atoms with Gasteiger partial charge < -0.3 is 5.73 Å². The summed E-state index contributed by atoms with van der Waals surface area (Å²) in [6, 6.07) is 0. The van der Waals surface area contributed by atoms with Gasteiger partial charge in [-0.15, -0.1) is 0 Å². The van der Waals surface area contributed by atoms with Gasteiger partial charge >= 0.3 is 0 Å². The highest BCUT2D eigenvalue weighted by Gasteiger charge is 1.85. The summed E-state index contributed by atoms with van der Waals surface area (Å²) in [5, 5.41) is 0. The minimum atomic E-state index is 0.620. The fourth-order valence-corrected chi connectivity index (χ4v) is 0.720. The average molecular weight is 137 g/mol. The van der Waals surface area contributed by atoms with Gasteiger partial charge in [0.05, 0.1) is 0 Å². The van der Waals surface area contributed by atoms with Crippen molar-refractivity contribution in [2.45, 2.75) is 20.3 Å². The summed E-state index contributed by atoms with van der Waals surface area (Å²) in [7, 11) is 0. The molecule has 0 fully saturated rings. The molecule has 0 spiro atoms. The van der Waals surface area contributed by atoms with Crippen LogP contribution in [0.5, 0.6) is 0 Å². The Morgan fingerprint density at radius 1 is 1.60 bits per heavy atom. The zero-order valence-electron chi connectivity index (χ0n) is 6.72. The Labute approximate surface area is 62.9 Å². The molecule has 0 unspecified atom stereocenters. The second-order valence-electron chi connectivity index (χ2n) is 2.15. The van der Waals surface area contributed by atoms with E-state index in [0.717, 1.165) is 6.42 Å². The second-order valence-corrected chi connectivity index (χ2v) is 2.15. The highest BCUT2D eigenvalue weighted by atomic mass is 14.5. The van der Waals surface area contributed by atoms with Crippen LogP contribution in [-0.4, -0.2) is 0 Å². The SMILES string of the molecule is C=C(N)/C=C(\C=C/C)CC. The fourth-order valence-electron chi connectivity index (χ4n) is 0.720. The van der Waals surface area contributed by atoms with Crippen molar-refractivity contribution in [3.8, 4) is 0 Å². The summed E-state index contributed by atoms with van der Waals surface area (Å²) in [5.74, 6) is 0. The van der Waals surface area contributed by atoms with E-state index in [2.05, 4.69) is 13.5 Å². The molecule has 56 valence electrons. The molecule has 0 aliphatic heterocycles. The van der Waals surface area contributed by atoms with E-state index >= 15 is 0 Å². The predicted molar refractivity (Wildman–Crippen MR) is 46.5 cm³/mol. The molecule has 10 heavy (non-hydrogen) atoms. The van der Waals surface area contributed by atoms with Crippen LogP contribution < -0.4 is 5.73 Å². The van der Waals surface area contributed by atoms with Crippen molar-refractivity contribution in [3.63, 3.8) is 0 Å². The average Bonchev–Trinajstić information content (AvgIpc) is 1.86. The Kier molecular flexibility index (Phi) is 4.38. The summed E-state index contributed by atoms with van der Waals surface area (Å²) >= 11 is 0. The van der Waals surface area contributed by atoms with Crippen LogP contribution in [0.25, 0.3) is 0 Å². The molecule has 0 aromatic heterocycles. The minimum absolute atomic E-state index is 0.620. The lowest BCUT2D eigenvalue weighted by molar-refractivity contribution is 1.14. The third kappa shape index (κ3) is 3.96. The second kappa shape index (κ2) is 4.86. The standard InChI is InChI=1S/C9H15N/c1-4-6-9(5-2)7-8(3)10/h4,6-7H,3,5,10H2,1-2H3/b6-4-,9-7-. The zero-order chi connectivity index (χ0) is 7.98. The van der Waals surface area contributed by atoms with Crippen LogP contribution in [0, 0.1) is 0 Å². The molecule has 0 aromatic carbocycles. The van der Waals surface area contributed by atoms with Crippen LogP contribution in [0.2, 0.25) is 0 Å². The summed E-state index contributed by atoms with van der Waals surface area (Å²) in [6.45, 7) is 7.67. The minimum Gasteiger partial charge on any atom is -0.399 e. The summed E-state index contributed by atoms with van der Waals surface area (Å²) in [4.78, 5) is 0. The van der Waals surface area contributed by atoms with E-state index in [1.165, 1.54) is 5.57 Å². The molecule has 0 amide bonds. The maximum Gasteiger partial charge on any atom is 0.0243 e. The molecular formula is C9H15N. The molecule has 0 saturated carbocycles. The summed E-state index contributed by atoms with van der Waals surface area (Å²) in [5.41, 5.74) is 7.23. The Bertz CT molecular complexity index is 164. The van der Waals surface area contributed by atoms with Crippen molar-refractivity contribution in [1.82, 2.24) is 0 Å². The molecule has 0 heterocycles. The van der Waals surface area contributed by atoms with Crippen LogP contribution in [0.3, 0.4) is 0 Å². The molecule has 0 radical (unpaired) electrons. The van der Waals surface area contributed by atoms with E-state index in [-0.39, 0.29) is 0 Å². The van der Waals surface area contributed by atoms with Gasteiger partial charge in [-0.25, -0.2) is 0 Å². The predicted octanol–water partition coefficient (Wildman–Crippen LogP) is 2.37. The van der Waals surface area contributed by atoms with Gasteiger partial charge in [0.25, 0.3) is 0 Å². The molecule has 1 heteroatoms. The molecule has 0 aliphatic rings. The molecule has 0 aromatic rings. The van der Waals surface area contributed by atoms with E-state index in [1.807, 2.05) is 25.2 Å². The van der Waals surface area contributed by atoms with Crippen LogP contribution >= 0.6 is 0 Å². The Balaban J connectivity index is 4.18. The molecular weight excluding hydrogens is 122 g/mol. The van der Waals surface area contributed by atoms with Gasteiger partial charge in [-0.2, -0.15) is 0 Å². The number of hydrogen-bond acceptors (Lipinski definition) is 1. The van der Waals surface area contributed by atoms with Crippen LogP contribution in [0.4, 0.5) is 0 Å². The third-order valence-corrected chi connectivity index (χ3v) is 1.16. The van der Waals surface area contributed by atoms with Gasteiger partial charge in [-0.3, -0.25) is 0 Å². The van der Waals surface area contributed by atoms with Crippen molar-refractivity contribution in [1.29, 1.82) is 0 Å². The first-order valence-corrected chi connectivity index (χ1v) is 3.48. The third-order valence-electron chi connectivity index (χ3n) is 1.16. The van der Waals surface area contributed by atoms with Gasteiger partial charge in [0.1, 0.15) is 0 Å². The first kappa shape index (κ1) is 9.02. The van der Waals surface area contributed by atoms with Gasteiger partial charge in [0.15, 0.2) is 0 Å². The van der Waals surface area contributed by atoms with E-state index in [9.17, 15) is 0 Å². The molecule has 0 atom stereocenters. The molecule has 0 aliphatic carbocycles. The van der Waals surface area contributed by atoms with Crippen molar-refractivity contribution in [2.75, 3.05) is 0 Å². The monoisotopic (exact) mass is 137 g/mol. The van der Waals surface area contributed by atoms with Crippen molar-refractivity contribution in [2.24, 2.45) is 5.73 Å². The van der Waals surface area contributed by atoms with E-state index in [0.29, 0.717) is 5.70 Å². The zero-order valence-corrected chi connectivity index (χ0v) is 6.72. The van der Waals surface area contributed by atoms with E-state index in [1.54, 1.807) is 0 Å². The smallest absolute Gasteiger partial charge is 0.0243 e. The van der Waals surface area contributed by atoms with Crippen molar-refractivity contribution in [3.05, 3.63) is 36.1 Å². The van der Waals surface area contributed by atoms with Gasteiger partial charge in [-0.1, -0.05) is 25.7 Å². The Morgan fingerprint density at radius 2 is 2.20 bits per heavy atom. The lowest BCUT2D eigenvalue weighted by Crippen LogP contribution is -1.90. The molecule has 0 rings (SSSR count).